The molecule has 0 radical (unpaired) electrons. The van der Waals surface area contributed by atoms with Gasteiger partial charge in [0.1, 0.15) is 0 Å². The molecule has 0 aliphatic rings. The Morgan fingerprint density at radius 3 is 2.22 bits per heavy atom. The molecule has 2 rings (SSSR count). The number of aromatic nitrogens is 2. The highest BCUT2D eigenvalue weighted by Gasteiger charge is 2.21. The number of nitrogens with zero attached hydrogens (tertiary/aromatic N) is 2. The van der Waals surface area contributed by atoms with Crippen molar-refractivity contribution in [1.82, 2.24) is 9.78 Å². The number of aryl methyl sites for hydroxylation is 1. The highest BCUT2D eigenvalue weighted by molar-refractivity contribution is 8.16. The average Bonchev–Trinajstić information content (AvgIpc) is 2.83. The molecule has 0 amide bonds. The Bertz CT molecular complexity index is 594. The van der Waals surface area contributed by atoms with E-state index in [1.165, 1.54) is 11.1 Å². The Kier molecular flexibility index (Phi) is 7.49. The Morgan fingerprint density at radius 1 is 1.04 bits per heavy atom. The van der Waals surface area contributed by atoms with Crippen LogP contribution in [0.2, 0.25) is 0 Å². The van der Waals surface area contributed by atoms with Gasteiger partial charge in [-0.3, -0.25) is 4.68 Å². The first-order chi connectivity index (χ1) is 11.2. The molecule has 0 aliphatic carbocycles. The Balaban J connectivity index is 2.23. The molecule has 2 aromatic rings. The molecule has 6 heteroatoms. The van der Waals surface area contributed by atoms with E-state index in [-0.39, 0.29) is 17.8 Å². The lowest BCUT2D eigenvalue weighted by Gasteiger charge is -2.16. The van der Waals surface area contributed by atoms with E-state index in [9.17, 15) is 0 Å². The summed E-state index contributed by atoms with van der Waals surface area (Å²) in [5, 5.41) is 23.0. The van der Waals surface area contributed by atoms with E-state index in [1.807, 2.05) is 29.8 Å². The fourth-order valence-electron chi connectivity index (χ4n) is 2.50. The van der Waals surface area contributed by atoms with Crippen LogP contribution < -0.4 is 0 Å². The molecule has 0 fully saturated rings. The summed E-state index contributed by atoms with van der Waals surface area (Å²) in [6.07, 6.45) is 0. The molecule has 0 unspecified atom stereocenters. The lowest BCUT2D eigenvalue weighted by molar-refractivity contribution is 0.322. The van der Waals surface area contributed by atoms with E-state index in [4.69, 9.17) is 15.3 Å². The lowest BCUT2D eigenvalue weighted by Crippen LogP contribution is -2.05. The molecule has 126 valence electrons. The zero-order valence-corrected chi connectivity index (χ0v) is 15.2. The SMILES string of the molecule is Cc1nn(Cc2ccccc2)c(C)c1C(SCCO)SCCO. The second-order valence-electron chi connectivity index (χ2n) is 5.25. The first kappa shape index (κ1) is 18.4. The van der Waals surface area contributed by atoms with Crippen molar-refractivity contribution in [2.45, 2.75) is 25.0 Å². The third-order valence-electron chi connectivity index (χ3n) is 3.57. The summed E-state index contributed by atoms with van der Waals surface area (Å²) in [5.74, 6) is 1.37. The van der Waals surface area contributed by atoms with Crippen molar-refractivity contribution in [2.75, 3.05) is 24.7 Å². The summed E-state index contributed by atoms with van der Waals surface area (Å²) in [6.45, 7) is 5.23. The molecule has 2 N–H and O–H groups in total. The van der Waals surface area contributed by atoms with Crippen molar-refractivity contribution in [3.05, 3.63) is 52.8 Å². The molecule has 1 aromatic heterocycles. The minimum atomic E-state index is 0.164. The normalized spacial score (nSPS) is 11.3. The van der Waals surface area contributed by atoms with Gasteiger partial charge in [-0.05, 0) is 19.4 Å². The topological polar surface area (TPSA) is 58.3 Å². The van der Waals surface area contributed by atoms with E-state index in [2.05, 4.69) is 19.1 Å². The molecule has 4 nitrogen and oxygen atoms in total. The monoisotopic (exact) mass is 352 g/mol. The van der Waals surface area contributed by atoms with Crippen molar-refractivity contribution in [1.29, 1.82) is 0 Å². The Labute approximate surface area is 146 Å². The van der Waals surface area contributed by atoms with Gasteiger partial charge in [0.05, 0.1) is 30.0 Å². The molecular formula is C17H24N2O2S2. The molecule has 23 heavy (non-hydrogen) atoms. The second-order valence-corrected chi connectivity index (χ2v) is 7.97. The van der Waals surface area contributed by atoms with E-state index in [1.54, 1.807) is 23.5 Å². The third kappa shape index (κ3) is 5.01. The van der Waals surface area contributed by atoms with Crippen LogP contribution in [0.4, 0.5) is 0 Å². The van der Waals surface area contributed by atoms with Crippen LogP contribution in [-0.4, -0.2) is 44.7 Å². The quantitative estimate of drug-likeness (QED) is 0.680. The van der Waals surface area contributed by atoms with Crippen LogP contribution in [0.5, 0.6) is 0 Å². The van der Waals surface area contributed by atoms with E-state index >= 15 is 0 Å². The van der Waals surface area contributed by atoms with Crippen LogP contribution in [0.1, 0.15) is 27.1 Å². The summed E-state index contributed by atoms with van der Waals surface area (Å²) in [4.78, 5) is 0. The molecule has 0 bridgehead atoms. The average molecular weight is 353 g/mol. The van der Waals surface area contributed by atoms with Crippen LogP contribution in [0.15, 0.2) is 30.3 Å². The number of rotatable bonds is 9. The molecule has 0 aliphatic heterocycles. The molecule has 1 heterocycles. The van der Waals surface area contributed by atoms with E-state index in [0.29, 0.717) is 11.5 Å². The number of benzene rings is 1. The summed E-state index contributed by atoms with van der Waals surface area (Å²) in [5.41, 5.74) is 4.64. The maximum Gasteiger partial charge on any atom is 0.0788 e. The van der Waals surface area contributed by atoms with Gasteiger partial charge in [-0.2, -0.15) is 5.10 Å². The van der Waals surface area contributed by atoms with Gasteiger partial charge in [-0.1, -0.05) is 30.3 Å². The first-order valence-corrected chi connectivity index (χ1v) is 9.80. The van der Waals surface area contributed by atoms with Gasteiger partial charge in [-0.15, -0.1) is 23.5 Å². The highest BCUT2D eigenvalue weighted by Crippen LogP contribution is 2.42. The molecular weight excluding hydrogens is 328 g/mol. The van der Waals surface area contributed by atoms with Crippen molar-refractivity contribution >= 4 is 23.5 Å². The predicted molar refractivity (Wildman–Crippen MR) is 99.1 cm³/mol. The minimum Gasteiger partial charge on any atom is -0.396 e. The fourth-order valence-corrected chi connectivity index (χ4v) is 5.11. The number of hydrogen-bond donors (Lipinski definition) is 2. The van der Waals surface area contributed by atoms with Gasteiger partial charge in [0.2, 0.25) is 0 Å². The maximum atomic E-state index is 9.13. The molecule has 0 saturated heterocycles. The number of aliphatic hydroxyl groups excluding tert-OH is 2. The number of thioether (sulfide) groups is 2. The molecule has 0 saturated carbocycles. The van der Waals surface area contributed by atoms with Crippen molar-refractivity contribution in [2.24, 2.45) is 0 Å². The largest absolute Gasteiger partial charge is 0.396 e. The van der Waals surface area contributed by atoms with Crippen LogP contribution in [0.25, 0.3) is 0 Å². The van der Waals surface area contributed by atoms with Gasteiger partial charge < -0.3 is 10.2 Å². The van der Waals surface area contributed by atoms with Gasteiger partial charge in [0.15, 0.2) is 0 Å². The summed E-state index contributed by atoms with van der Waals surface area (Å²) in [6, 6.07) is 10.3. The van der Waals surface area contributed by atoms with Gasteiger partial charge in [-0.25, -0.2) is 0 Å². The zero-order chi connectivity index (χ0) is 16.7. The number of aliphatic hydroxyl groups is 2. The van der Waals surface area contributed by atoms with Crippen LogP contribution in [-0.2, 0) is 6.54 Å². The molecule has 1 aromatic carbocycles. The molecule has 0 spiro atoms. The lowest BCUT2D eigenvalue weighted by atomic mass is 10.2. The molecule has 0 atom stereocenters. The van der Waals surface area contributed by atoms with Gasteiger partial charge >= 0.3 is 0 Å². The fraction of sp³-hybridized carbons (Fsp3) is 0.471. The summed E-state index contributed by atoms with van der Waals surface area (Å²) >= 11 is 3.42. The Morgan fingerprint density at radius 2 is 1.65 bits per heavy atom. The van der Waals surface area contributed by atoms with E-state index in [0.717, 1.165) is 17.9 Å². The van der Waals surface area contributed by atoms with Crippen LogP contribution >= 0.6 is 23.5 Å². The predicted octanol–water partition coefficient (Wildman–Crippen LogP) is 3.00. The summed E-state index contributed by atoms with van der Waals surface area (Å²) in [7, 11) is 0. The standard InChI is InChI=1S/C17H24N2O2S2/c1-13-16(17(22-10-8-20)23-11-9-21)14(2)19(18-13)12-15-6-4-3-5-7-15/h3-7,17,20-21H,8-12H2,1-2H3. The second kappa shape index (κ2) is 9.37. The van der Waals surface area contributed by atoms with Crippen molar-refractivity contribution in [3.8, 4) is 0 Å². The number of hydrogen-bond acceptors (Lipinski definition) is 5. The Hall–Kier alpha value is -0.950. The van der Waals surface area contributed by atoms with Gasteiger partial charge in [0.25, 0.3) is 0 Å². The highest BCUT2D eigenvalue weighted by atomic mass is 32.2. The van der Waals surface area contributed by atoms with Crippen LogP contribution in [0.3, 0.4) is 0 Å². The van der Waals surface area contributed by atoms with Crippen molar-refractivity contribution < 1.29 is 10.2 Å². The summed E-state index contributed by atoms with van der Waals surface area (Å²) < 4.78 is 2.24. The zero-order valence-electron chi connectivity index (χ0n) is 13.6. The smallest absolute Gasteiger partial charge is 0.0788 e. The van der Waals surface area contributed by atoms with E-state index < -0.39 is 0 Å². The first-order valence-electron chi connectivity index (χ1n) is 7.70. The maximum absolute atomic E-state index is 9.13. The third-order valence-corrected chi connectivity index (χ3v) is 6.30. The minimum absolute atomic E-state index is 0.164. The van der Waals surface area contributed by atoms with Crippen LogP contribution in [0, 0.1) is 13.8 Å². The van der Waals surface area contributed by atoms with Gasteiger partial charge in [0, 0.05) is 22.8 Å². The van der Waals surface area contributed by atoms with Crippen molar-refractivity contribution in [3.63, 3.8) is 0 Å².